The summed E-state index contributed by atoms with van der Waals surface area (Å²) in [5.74, 6) is 0. The van der Waals surface area contributed by atoms with E-state index >= 15 is 0 Å². The van der Waals surface area contributed by atoms with Gasteiger partial charge in [-0.05, 0) is 184 Å². The SMILES string of the molecule is c1ccc2c(c1)sc1c(-n3c4ccccc4c4cc(-c5ccc6c(c5)c5ccccc5c5cc7c(cc65)oc5cc6c8ccc(-c9ccc%10c(c9)c9ccccc9n%10-c9cccc%10c9sc9ccccc9%10)cc8c8ccccc8c6cc57)ccc43)cccc12. The number of benzene rings is 16. The summed E-state index contributed by atoms with van der Waals surface area (Å²) in [5.41, 5.74) is 13.8. The summed E-state index contributed by atoms with van der Waals surface area (Å²) in [6.45, 7) is 0. The predicted octanol–water partition coefficient (Wildman–Crippen LogP) is 24.8. The number of para-hydroxylation sites is 2. The van der Waals surface area contributed by atoms with E-state index in [0.717, 1.165) is 21.9 Å². The Labute approximate surface area is 515 Å². The molecule has 5 aromatic heterocycles. The Balaban J connectivity index is 0.698. The highest BCUT2D eigenvalue weighted by Gasteiger charge is 2.22. The van der Waals surface area contributed by atoms with Crippen LogP contribution < -0.4 is 0 Å². The molecule has 0 aliphatic carbocycles. The van der Waals surface area contributed by atoms with Crippen molar-refractivity contribution in [1.82, 2.24) is 9.13 Å². The maximum absolute atomic E-state index is 7.07. The summed E-state index contributed by atoms with van der Waals surface area (Å²) in [6, 6.07) is 104. The van der Waals surface area contributed by atoms with Crippen molar-refractivity contribution < 1.29 is 4.42 Å². The molecule has 0 amide bonds. The molecule has 3 nitrogen and oxygen atoms in total. The van der Waals surface area contributed by atoms with Gasteiger partial charge in [-0.3, -0.25) is 0 Å². The van der Waals surface area contributed by atoms with Gasteiger partial charge in [0.05, 0.1) is 42.8 Å². The molecule has 5 heteroatoms. The molecular weight excluding hydrogens is 1120 g/mol. The first-order valence-corrected chi connectivity index (χ1v) is 32.2. The smallest absolute Gasteiger partial charge is 0.136 e. The van der Waals surface area contributed by atoms with Gasteiger partial charge < -0.3 is 13.6 Å². The van der Waals surface area contributed by atoms with Crippen molar-refractivity contribution >= 4 is 193 Å². The number of rotatable bonds is 4. The Kier molecular flexibility index (Phi) is 9.60. The molecule has 0 saturated carbocycles. The van der Waals surface area contributed by atoms with Crippen LogP contribution in [0.1, 0.15) is 0 Å². The highest BCUT2D eigenvalue weighted by molar-refractivity contribution is 7.26. The third-order valence-electron chi connectivity index (χ3n) is 19.6. The molecule has 0 saturated heterocycles. The number of furan rings is 1. The van der Waals surface area contributed by atoms with Gasteiger partial charge in [-0.25, -0.2) is 0 Å². The molecular formula is C84H46N2OS2. The summed E-state index contributed by atoms with van der Waals surface area (Å²) in [7, 11) is 0. The molecule has 0 fully saturated rings. The number of fused-ring (bicyclic) bond motifs is 27. The van der Waals surface area contributed by atoms with Gasteiger partial charge in [0.2, 0.25) is 0 Å². The molecule has 5 heterocycles. The van der Waals surface area contributed by atoms with Crippen LogP contribution in [0.15, 0.2) is 283 Å². The first kappa shape index (κ1) is 48.1. The summed E-state index contributed by atoms with van der Waals surface area (Å²) >= 11 is 3.76. The lowest BCUT2D eigenvalue weighted by molar-refractivity contribution is 0.670. The molecule has 16 aromatic carbocycles. The lowest BCUT2D eigenvalue weighted by atomic mass is 9.90. The lowest BCUT2D eigenvalue weighted by Crippen LogP contribution is -1.93. The van der Waals surface area contributed by atoms with Crippen molar-refractivity contribution in [3.05, 3.63) is 279 Å². The molecule has 0 radical (unpaired) electrons. The molecule has 0 bridgehead atoms. The van der Waals surface area contributed by atoms with Crippen LogP contribution in [-0.4, -0.2) is 9.13 Å². The van der Waals surface area contributed by atoms with Gasteiger partial charge >= 0.3 is 0 Å². The van der Waals surface area contributed by atoms with Crippen molar-refractivity contribution in [2.24, 2.45) is 0 Å². The zero-order valence-electron chi connectivity index (χ0n) is 47.7. The van der Waals surface area contributed by atoms with E-state index in [1.807, 2.05) is 22.7 Å². The van der Waals surface area contributed by atoms with Gasteiger partial charge in [-0.1, -0.05) is 182 Å². The largest absolute Gasteiger partial charge is 0.456 e. The van der Waals surface area contributed by atoms with Gasteiger partial charge in [0.15, 0.2) is 0 Å². The van der Waals surface area contributed by atoms with Crippen molar-refractivity contribution in [3.63, 3.8) is 0 Å². The van der Waals surface area contributed by atoms with Crippen LogP contribution in [0.5, 0.6) is 0 Å². The molecule has 21 aromatic rings. The highest BCUT2D eigenvalue weighted by atomic mass is 32.1. The summed E-state index contributed by atoms with van der Waals surface area (Å²) in [4.78, 5) is 0. The maximum atomic E-state index is 7.07. The van der Waals surface area contributed by atoms with E-state index in [1.165, 1.54) is 182 Å². The topological polar surface area (TPSA) is 23.0 Å². The van der Waals surface area contributed by atoms with E-state index in [-0.39, 0.29) is 0 Å². The standard InChI is InChI=1S/C84H46N2OS2/c1-3-17-53-51(15-1)63-39-47(49-33-37-75-69(41-49)57-19-5-9-25-73(57)85(75)77-27-13-23-61-59-21-7-11-29-81(59)88-83(61)77)31-35-55(63)67-45-79-71(43-65(53)67)72-44-66-54-18-4-2-16-52(54)64-40-48(32-36-56(64)68(66)46-80(72)87-79)50-34-38-76-70(42-50)58-20-6-10-26-74(58)86(76)78-28-14-24-62-60-22-8-12-30-82(60)89-84(62)78/h1-46H. The van der Waals surface area contributed by atoms with E-state index in [2.05, 4.69) is 288 Å². The Morgan fingerprint density at radius 1 is 0.202 bits per heavy atom. The fourth-order valence-electron chi connectivity index (χ4n) is 15.7. The lowest BCUT2D eigenvalue weighted by Gasteiger charge is -2.13. The minimum Gasteiger partial charge on any atom is -0.456 e. The number of hydrogen-bond donors (Lipinski definition) is 0. The van der Waals surface area contributed by atoms with Crippen molar-refractivity contribution in [3.8, 4) is 33.6 Å². The molecule has 0 spiro atoms. The monoisotopic (exact) mass is 1160 g/mol. The van der Waals surface area contributed by atoms with Crippen LogP contribution in [0.25, 0.3) is 204 Å². The first-order valence-electron chi connectivity index (χ1n) is 30.5. The summed E-state index contributed by atoms with van der Waals surface area (Å²) in [6.07, 6.45) is 0. The Bertz CT molecular complexity index is 6340. The fraction of sp³-hybridized carbons (Fsp3) is 0. The minimum absolute atomic E-state index is 0.893. The third kappa shape index (κ3) is 6.64. The Hall–Kier alpha value is -11.1. The average Bonchev–Trinajstić information content (AvgIpc) is 2.01. The van der Waals surface area contributed by atoms with Gasteiger partial charge in [0.1, 0.15) is 11.2 Å². The third-order valence-corrected chi connectivity index (χ3v) is 22.1. The second-order valence-electron chi connectivity index (χ2n) is 24.2. The van der Waals surface area contributed by atoms with Gasteiger partial charge in [-0.2, -0.15) is 0 Å². The van der Waals surface area contributed by atoms with Crippen LogP contribution in [0.3, 0.4) is 0 Å². The van der Waals surface area contributed by atoms with Crippen LogP contribution in [0.4, 0.5) is 0 Å². The van der Waals surface area contributed by atoms with Crippen LogP contribution in [0, 0.1) is 0 Å². The molecule has 0 unspecified atom stereocenters. The minimum atomic E-state index is 0.893. The molecule has 0 atom stereocenters. The van der Waals surface area contributed by atoms with E-state index in [0.29, 0.717) is 0 Å². The van der Waals surface area contributed by atoms with E-state index in [9.17, 15) is 0 Å². The summed E-state index contributed by atoms with van der Waals surface area (Å²) in [5, 5.41) is 27.2. The number of hydrogen-bond acceptors (Lipinski definition) is 3. The number of aromatic nitrogens is 2. The normalized spacial score (nSPS) is 12.5. The van der Waals surface area contributed by atoms with Crippen molar-refractivity contribution in [2.45, 2.75) is 0 Å². The summed E-state index contributed by atoms with van der Waals surface area (Å²) < 4.78 is 17.3. The molecule has 410 valence electrons. The van der Waals surface area contributed by atoms with Crippen molar-refractivity contribution in [2.75, 3.05) is 0 Å². The second kappa shape index (κ2) is 17.8. The maximum Gasteiger partial charge on any atom is 0.136 e. The second-order valence-corrected chi connectivity index (χ2v) is 26.3. The zero-order valence-corrected chi connectivity index (χ0v) is 49.3. The van der Waals surface area contributed by atoms with Gasteiger partial charge in [0.25, 0.3) is 0 Å². The van der Waals surface area contributed by atoms with E-state index < -0.39 is 0 Å². The quantitative estimate of drug-likeness (QED) is 0.161. The van der Waals surface area contributed by atoms with Gasteiger partial charge in [-0.15, -0.1) is 22.7 Å². The molecule has 89 heavy (non-hydrogen) atoms. The molecule has 0 N–H and O–H groups in total. The zero-order chi connectivity index (χ0) is 57.7. The van der Waals surface area contributed by atoms with Gasteiger partial charge in [0, 0.05) is 63.3 Å². The van der Waals surface area contributed by atoms with Crippen LogP contribution in [-0.2, 0) is 0 Å². The number of nitrogens with zero attached hydrogens (tertiary/aromatic N) is 2. The molecule has 0 aliphatic heterocycles. The Morgan fingerprint density at radius 3 is 0.955 bits per heavy atom. The number of thiophene rings is 2. The average molecular weight is 1160 g/mol. The fourth-order valence-corrected chi connectivity index (χ4v) is 18.1. The molecule has 21 rings (SSSR count). The van der Waals surface area contributed by atoms with E-state index in [1.54, 1.807) is 0 Å². The van der Waals surface area contributed by atoms with E-state index in [4.69, 9.17) is 4.42 Å². The Morgan fingerprint density at radius 2 is 0.517 bits per heavy atom. The molecule has 0 aliphatic rings. The van der Waals surface area contributed by atoms with Crippen LogP contribution >= 0.6 is 22.7 Å². The first-order chi connectivity index (χ1) is 44.1. The highest BCUT2D eigenvalue weighted by Crippen LogP contribution is 2.48. The predicted molar refractivity (Wildman–Crippen MR) is 384 cm³/mol. The van der Waals surface area contributed by atoms with Crippen molar-refractivity contribution in [1.29, 1.82) is 0 Å². The van der Waals surface area contributed by atoms with Crippen LogP contribution in [0.2, 0.25) is 0 Å².